The lowest BCUT2D eigenvalue weighted by atomic mass is 10.0. The molecule has 0 bridgehead atoms. The van der Waals surface area contributed by atoms with Crippen molar-refractivity contribution in [1.82, 2.24) is 10.3 Å². The van der Waals surface area contributed by atoms with Crippen molar-refractivity contribution in [2.75, 3.05) is 4.90 Å². The molecular formula is C24H19N3OS2. The Morgan fingerprint density at radius 3 is 2.33 bits per heavy atom. The number of rotatable bonds is 5. The van der Waals surface area contributed by atoms with Crippen LogP contribution >= 0.6 is 24.0 Å². The molecule has 0 spiro atoms. The summed E-state index contributed by atoms with van der Waals surface area (Å²) in [6.45, 7) is 0. The Morgan fingerprint density at radius 2 is 1.60 bits per heavy atom. The maximum Gasteiger partial charge on any atom is 0.174 e. The topological polar surface area (TPSA) is 41.3 Å². The highest BCUT2D eigenvalue weighted by molar-refractivity contribution is 7.99. The van der Waals surface area contributed by atoms with E-state index in [1.165, 1.54) is 0 Å². The molecule has 2 aromatic heterocycles. The summed E-state index contributed by atoms with van der Waals surface area (Å²) in [5, 5.41) is 4.97. The predicted molar refractivity (Wildman–Crippen MR) is 124 cm³/mol. The van der Waals surface area contributed by atoms with Crippen LogP contribution in [0.3, 0.4) is 0 Å². The van der Waals surface area contributed by atoms with Gasteiger partial charge in [-0.1, -0.05) is 54.2 Å². The van der Waals surface area contributed by atoms with Crippen molar-refractivity contribution < 1.29 is 4.42 Å². The molecule has 1 fully saturated rings. The van der Waals surface area contributed by atoms with Gasteiger partial charge in [-0.15, -0.1) is 0 Å². The van der Waals surface area contributed by atoms with E-state index in [1.54, 1.807) is 18.0 Å². The van der Waals surface area contributed by atoms with Crippen molar-refractivity contribution in [3.63, 3.8) is 0 Å². The van der Waals surface area contributed by atoms with Gasteiger partial charge in [-0.2, -0.15) is 0 Å². The molecular weight excluding hydrogens is 410 g/mol. The molecule has 1 N–H and O–H groups in total. The van der Waals surface area contributed by atoms with Gasteiger partial charge >= 0.3 is 0 Å². The van der Waals surface area contributed by atoms with Crippen molar-refractivity contribution >= 4 is 34.8 Å². The summed E-state index contributed by atoms with van der Waals surface area (Å²) < 4.78 is 6.32. The average Bonchev–Trinajstić information content (AvgIpc) is 3.39. The van der Waals surface area contributed by atoms with Crippen LogP contribution in [0.2, 0.25) is 0 Å². The summed E-state index contributed by atoms with van der Waals surface area (Å²) in [5.74, 6) is 0.847. The molecule has 148 valence electrons. The lowest BCUT2D eigenvalue weighted by Crippen LogP contribution is -2.29. The van der Waals surface area contributed by atoms with Crippen molar-refractivity contribution in [2.24, 2.45) is 0 Å². The number of aromatic nitrogens is 1. The quantitative estimate of drug-likeness (QED) is 0.392. The SMILES string of the molecule is S=C1N[C@@H](c2ccccn2)[C@@H](c2ccc(Sc3ccccc3)o2)N1c1ccccc1. The number of anilines is 1. The monoisotopic (exact) mass is 429 g/mol. The maximum absolute atomic E-state index is 6.32. The summed E-state index contributed by atoms with van der Waals surface area (Å²) in [5.41, 5.74) is 1.95. The number of para-hydroxylation sites is 1. The smallest absolute Gasteiger partial charge is 0.174 e. The predicted octanol–water partition coefficient (Wildman–Crippen LogP) is 6.00. The molecule has 0 unspecified atom stereocenters. The van der Waals surface area contributed by atoms with Crippen molar-refractivity contribution in [3.05, 3.63) is 109 Å². The van der Waals surface area contributed by atoms with E-state index >= 15 is 0 Å². The molecule has 0 amide bonds. The second kappa shape index (κ2) is 8.34. The van der Waals surface area contributed by atoms with E-state index in [9.17, 15) is 0 Å². The molecule has 30 heavy (non-hydrogen) atoms. The van der Waals surface area contributed by atoms with Gasteiger partial charge in [0.2, 0.25) is 0 Å². The van der Waals surface area contributed by atoms with Crippen molar-refractivity contribution in [3.8, 4) is 0 Å². The van der Waals surface area contributed by atoms with Crippen LogP contribution in [-0.2, 0) is 0 Å². The van der Waals surface area contributed by atoms with Gasteiger partial charge in [0, 0.05) is 16.8 Å². The number of hydrogen-bond acceptors (Lipinski definition) is 4. The molecule has 6 heteroatoms. The van der Waals surface area contributed by atoms with E-state index in [0.717, 1.165) is 27.1 Å². The Bertz CT molecular complexity index is 1130. The standard InChI is InChI=1S/C24H19N3OS2/c29-24-26-22(19-13-7-8-16-25-19)23(27(24)17-9-3-1-4-10-17)20-14-15-21(28-20)30-18-11-5-2-6-12-18/h1-16,22-23H,(H,26,29)/t22-,23+/m0/s1. The summed E-state index contributed by atoms with van der Waals surface area (Å²) in [7, 11) is 0. The zero-order valence-corrected chi connectivity index (χ0v) is 17.6. The first kappa shape index (κ1) is 18.9. The molecule has 0 radical (unpaired) electrons. The van der Waals surface area contributed by atoms with Gasteiger partial charge in [-0.3, -0.25) is 4.98 Å². The van der Waals surface area contributed by atoms with Crippen LogP contribution in [0.5, 0.6) is 0 Å². The molecule has 3 heterocycles. The zero-order chi connectivity index (χ0) is 20.3. The lowest BCUT2D eigenvalue weighted by Gasteiger charge is -2.26. The van der Waals surface area contributed by atoms with Crippen LogP contribution in [0.15, 0.2) is 112 Å². The normalized spacial score (nSPS) is 18.4. The fraction of sp³-hybridized carbons (Fsp3) is 0.0833. The van der Waals surface area contributed by atoms with Gasteiger partial charge in [0.25, 0.3) is 0 Å². The Hall–Kier alpha value is -3.09. The van der Waals surface area contributed by atoms with Crippen LogP contribution in [0, 0.1) is 0 Å². The molecule has 2 aromatic carbocycles. The van der Waals surface area contributed by atoms with Gasteiger partial charge in [0.1, 0.15) is 11.8 Å². The minimum atomic E-state index is -0.139. The molecule has 4 aromatic rings. The molecule has 5 rings (SSSR count). The molecule has 0 aliphatic carbocycles. The molecule has 1 saturated heterocycles. The second-order valence-electron chi connectivity index (χ2n) is 6.90. The van der Waals surface area contributed by atoms with E-state index in [0.29, 0.717) is 5.11 Å². The Labute approximate surface area is 184 Å². The molecule has 1 aliphatic rings. The van der Waals surface area contributed by atoms with Gasteiger partial charge < -0.3 is 14.6 Å². The number of nitrogens with zero attached hydrogens (tertiary/aromatic N) is 2. The van der Waals surface area contributed by atoms with Crippen molar-refractivity contribution in [1.29, 1.82) is 0 Å². The summed E-state index contributed by atoms with van der Waals surface area (Å²) in [6.07, 6.45) is 1.81. The molecule has 0 saturated carbocycles. The minimum absolute atomic E-state index is 0.111. The average molecular weight is 430 g/mol. The second-order valence-corrected chi connectivity index (χ2v) is 8.37. The Balaban J connectivity index is 1.53. The highest BCUT2D eigenvalue weighted by Crippen LogP contribution is 2.43. The van der Waals surface area contributed by atoms with Crippen LogP contribution in [0.4, 0.5) is 5.69 Å². The van der Waals surface area contributed by atoms with E-state index in [1.807, 2.05) is 66.7 Å². The third kappa shape index (κ3) is 3.72. The van der Waals surface area contributed by atoms with E-state index in [4.69, 9.17) is 16.6 Å². The molecule has 1 aliphatic heterocycles. The number of thiocarbonyl (C=S) groups is 1. The van der Waals surface area contributed by atoms with E-state index in [2.05, 4.69) is 39.5 Å². The maximum atomic E-state index is 6.32. The summed E-state index contributed by atoms with van der Waals surface area (Å²) in [4.78, 5) is 7.83. The highest BCUT2D eigenvalue weighted by atomic mass is 32.2. The third-order valence-corrected chi connectivity index (χ3v) is 6.23. The fourth-order valence-electron chi connectivity index (χ4n) is 3.66. The largest absolute Gasteiger partial charge is 0.452 e. The third-order valence-electron chi connectivity index (χ3n) is 4.99. The molecule has 4 nitrogen and oxygen atoms in total. The number of benzene rings is 2. The Kier molecular flexibility index (Phi) is 5.26. The van der Waals surface area contributed by atoms with Gasteiger partial charge in [-0.05, 0) is 60.7 Å². The lowest BCUT2D eigenvalue weighted by molar-refractivity contribution is 0.383. The Morgan fingerprint density at radius 1 is 0.867 bits per heavy atom. The van der Waals surface area contributed by atoms with Crippen LogP contribution in [0.1, 0.15) is 23.5 Å². The molecule has 2 atom stereocenters. The summed E-state index contributed by atoms with van der Waals surface area (Å²) >= 11 is 7.34. The number of nitrogens with one attached hydrogen (secondary N) is 1. The number of furan rings is 1. The first-order chi connectivity index (χ1) is 14.8. The number of hydrogen-bond donors (Lipinski definition) is 1. The van der Waals surface area contributed by atoms with Crippen LogP contribution < -0.4 is 10.2 Å². The first-order valence-corrected chi connectivity index (χ1v) is 10.9. The fourth-order valence-corrected chi connectivity index (χ4v) is 4.81. The van der Waals surface area contributed by atoms with Crippen LogP contribution in [-0.4, -0.2) is 10.1 Å². The number of pyridine rings is 1. The van der Waals surface area contributed by atoms with Crippen LogP contribution in [0.25, 0.3) is 0 Å². The minimum Gasteiger partial charge on any atom is -0.452 e. The van der Waals surface area contributed by atoms with Gasteiger partial charge in [0.05, 0.1) is 11.7 Å². The summed E-state index contributed by atoms with van der Waals surface area (Å²) in [6, 6.07) is 30.1. The van der Waals surface area contributed by atoms with Gasteiger partial charge in [0.15, 0.2) is 10.2 Å². The van der Waals surface area contributed by atoms with E-state index in [-0.39, 0.29) is 12.1 Å². The first-order valence-electron chi connectivity index (χ1n) is 9.68. The van der Waals surface area contributed by atoms with Gasteiger partial charge in [-0.25, -0.2) is 0 Å². The highest BCUT2D eigenvalue weighted by Gasteiger charge is 2.42. The zero-order valence-electron chi connectivity index (χ0n) is 16.0. The van der Waals surface area contributed by atoms with Crippen molar-refractivity contribution in [2.45, 2.75) is 22.1 Å². The van der Waals surface area contributed by atoms with E-state index < -0.39 is 0 Å².